The molecule has 0 aliphatic carbocycles. The summed E-state index contributed by atoms with van der Waals surface area (Å²) in [4.78, 5) is 24.8. The van der Waals surface area contributed by atoms with E-state index in [9.17, 15) is 4.79 Å². The third kappa shape index (κ3) is 4.86. The average Bonchev–Trinajstić information content (AvgIpc) is 3.33. The van der Waals surface area contributed by atoms with Crippen LogP contribution in [0.4, 0.5) is 5.13 Å². The van der Waals surface area contributed by atoms with Crippen molar-refractivity contribution in [2.24, 2.45) is 0 Å². The lowest BCUT2D eigenvalue weighted by Crippen LogP contribution is -2.32. The van der Waals surface area contributed by atoms with Crippen LogP contribution in [-0.2, 0) is 11.3 Å². The zero-order valence-corrected chi connectivity index (χ0v) is 19.9. The fraction of sp³-hybridized carbons (Fsp3) is 0.107. The zero-order chi connectivity index (χ0) is 23.3. The van der Waals surface area contributed by atoms with Crippen molar-refractivity contribution in [3.63, 3.8) is 0 Å². The number of rotatable bonds is 7. The molecule has 0 saturated heterocycles. The Balaban J connectivity index is 1.53. The maximum absolute atomic E-state index is 13.9. The topological polar surface area (TPSA) is 46.1 Å². The van der Waals surface area contributed by atoms with Gasteiger partial charge in [0.25, 0.3) is 0 Å². The van der Waals surface area contributed by atoms with Crippen LogP contribution in [0.5, 0.6) is 0 Å². The van der Waals surface area contributed by atoms with Crippen LogP contribution in [0.15, 0.2) is 103 Å². The third-order valence-corrected chi connectivity index (χ3v) is 7.07. The molecule has 0 aliphatic heterocycles. The second-order valence-electron chi connectivity index (χ2n) is 7.96. The van der Waals surface area contributed by atoms with Crippen molar-refractivity contribution >= 4 is 44.2 Å². The molecule has 2 aromatic heterocycles. The van der Waals surface area contributed by atoms with Crippen molar-refractivity contribution in [3.8, 4) is 0 Å². The van der Waals surface area contributed by atoms with Gasteiger partial charge < -0.3 is 0 Å². The first kappa shape index (κ1) is 22.3. The molecule has 0 aliphatic rings. The van der Waals surface area contributed by atoms with Gasteiger partial charge >= 0.3 is 0 Å². The number of carbonyl (C=O) groups excluding carboxylic acids is 1. The number of fused-ring (bicyclic) bond motifs is 1. The van der Waals surface area contributed by atoms with Gasteiger partial charge in [-0.3, -0.25) is 14.7 Å². The molecule has 2 heterocycles. The number of hydrogen-bond donors (Lipinski definition) is 0. The Morgan fingerprint density at radius 1 is 0.853 bits per heavy atom. The second kappa shape index (κ2) is 10.2. The molecule has 5 aromatic rings. The highest BCUT2D eigenvalue weighted by Gasteiger charge is 2.26. The smallest absolute Gasteiger partial charge is 0.230 e. The molecular formula is C28H22ClN3OS. The number of halogens is 1. The molecular weight excluding hydrogens is 462 g/mol. The van der Waals surface area contributed by atoms with Crippen LogP contribution in [0.25, 0.3) is 10.2 Å². The summed E-state index contributed by atoms with van der Waals surface area (Å²) in [7, 11) is 0. The molecule has 0 atom stereocenters. The van der Waals surface area contributed by atoms with E-state index in [-0.39, 0.29) is 11.8 Å². The van der Waals surface area contributed by atoms with Crippen LogP contribution < -0.4 is 4.90 Å². The Morgan fingerprint density at radius 3 is 2.15 bits per heavy atom. The number of hydrogen-bond acceptors (Lipinski definition) is 4. The molecule has 0 bridgehead atoms. The van der Waals surface area contributed by atoms with Crippen molar-refractivity contribution in [3.05, 3.63) is 125 Å². The van der Waals surface area contributed by atoms with E-state index in [4.69, 9.17) is 16.6 Å². The molecule has 1 amide bonds. The summed E-state index contributed by atoms with van der Waals surface area (Å²) in [6, 6.07) is 31.7. The lowest BCUT2D eigenvalue weighted by Gasteiger charge is -2.24. The fourth-order valence-electron chi connectivity index (χ4n) is 4.02. The highest BCUT2D eigenvalue weighted by Crippen LogP contribution is 2.35. The van der Waals surface area contributed by atoms with Gasteiger partial charge in [-0.15, -0.1) is 0 Å². The van der Waals surface area contributed by atoms with E-state index in [1.54, 1.807) is 11.1 Å². The van der Waals surface area contributed by atoms with Crippen LogP contribution in [0.3, 0.4) is 0 Å². The van der Waals surface area contributed by atoms with E-state index >= 15 is 0 Å². The number of thiazole rings is 1. The van der Waals surface area contributed by atoms with Gasteiger partial charge in [0, 0.05) is 18.5 Å². The van der Waals surface area contributed by atoms with Gasteiger partial charge in [-0.2, -0.15) is 0 Å². The summed E-state index contributed by atoms with van der Waals surface area (Å²) < 4.78 is 0.948. The summed E-state index contributed by atoms with van der Waals surface area (Å²) in [6.07, 6.45) is 2.05. The van der Waals surface area contributed by atoms with Crippen LogP contribution in [0.1, 0.15) is 29.2 Å². The molecule has 4 nitrogen and oxygen atoms in total. The Hall–Kier alpha value is -3.54. The number of amides is 1. The van der Waals surface area contributed by atoms with E-state index in [1.165, 1.54) is 11.3 Å². The number of nitrogens with zero attached hydrogens (tertiary/aromatic N) is 3. The highest BCUT2D eigenvalue weighted by atomic mass is 35.5. The number of carbonyl (C=O) groups is 1. The second-order valence-corrected chi connectivity index (χ2v) is 9.38. The highest BCUT2D eigenvalue weighted by molar-refractivity contribution is 7.22. The number of pyridine rings is 1. The van der Waals surface area contributed by atoms with Gasteiger partial charge in [0.15, 0.2) is 5.13 Å². The maximum atomic E-state index is 13.9. The molecule has 3 aromatic carbocycles. The molecule has 5 rings (SSSR count). The normalized spacial score (nSPS) is 11.1. The molecule has 0 fully saturated rings. The van der Waals surface area contributed by atoms with E-state index in [0.717, 1.165) is 21.5 Å². The number of benzene rings is 3. The predicted molar refractivity (Wildman–Crippen MR) is 139 cm³/mol. The lowest BCUT2D eigenvalue weighted by atomic mass is 9.88. The molecule has 0 unspecified atom stereocenters. The summed E-state index contributed by atoms with van der Waals surface area (Å²) in [5, 5.41) is 1.20. The molecule has 0 spiro atoms. The van der Waals surface area contributed by atoms with E-state index in [0.29, 0.717) is 28.6 Å². The Labute approximate surface area is 207 Å². The van der Waals surface area contributed by atoms with E-state index < -0.39 is 0 Å². The molecule has 0 N–H and O–H groups in total. The number of anilines is 1. The van der Waals surface area contributed by atoms with Crippen LogP contribution >= 0.6 is 22.9 Å². The van der Waals surface area contributed by atoms with Crippen molar-refractivity contribution in [2.45, 2.75) is 18.9 Å². The molecule has 34 heavy (non-hydrogen) atoms. The number of para-hydroxylation sites is 1. The minimum absolute atomic E-state index is 0.0152. The summed E-state index contributed by atoms with van der Waals surface area (Å²) in [5.74, 6) is -0.0855. The van der Waals surface area contributed by atoms with Crippen molar-refractivity contribution in [2.75, 3.05) is 4.90 Å². The lowest BCUT2D eigenvalue weighted by molar-refractivity contribution is -0.119. The largest absolute Gasteiger partial charge is 0.282 e. The van der Waals surface area contributed by atoms with Gasteiger partial charge in [0.1, 0.15) is 5.52 Å². The van der Waals surface area contributed by atoms with Crippen molar-refractivity contribution < 1.29 is 4.79 Å². The standard InChI is InChI=1S/C28H22ClN3OS/c29-24-15-9-16-25-27(24)31-28(34-25)32(19-22-14-7-8-17-30-22)26(33)18-23(20-10-3-1-4-11-20)21-12-5-2-6-13-21/h1-17,23H,18-19H2. The molecule has 168 valence electrons. The molecule has 6 heteroatoms. The first-order chi connectivity index (χ1) is 16.7. The summed E-state index contributed by atoms with van der Waals surface area (Å²) in [5.41, 5.74) is 3.72. The van der Waals surface area contributed by atoms with Crippen molar-refractivity contribution in [1.82, 2.24) is 9.97 Å². The first-order valence-electron chi connectivity index (χ1n) is 11.0. The predicted octanol–water partition coefficient (Wildman–Crippen LogP) is 7.10. The summed E-state index contributed by atoms with van der Waals surface area (Å²) >= 11 is 7.86. The monoisotopic (exact) mass is 483 g/mol. The minimum Gasteiger partial charge on any atom is -0.282 e. The Bertz CT molecular complexity index is 1350. The van der Waals surface area contributed by atoms with Gasteiger partial charge in [-0.05, 0) is 35.4 Å². The first-order valence-corrected chi connectivity index (χ1v) is 12.2. The Kier molecular flexibility index (Phi) is 6.65. The maximum Gasteiger partial charge on any atom is 0.230 e. The van der Waals surface area contributed by atoms with Crippen LogP contribution in [-0.4, -0.2) is 15.9 Å². The third-order valence-electron chi connectivity index (χ3n) is 5.72. The van der Waals surface area contributed by atoms with Crippen molar-refractivity contribution in [1.29, 1.82) is 0 Å². The van der Waals surface area contributed by atoms with Crippen LogP contribution in [0, 0.1) is 0 Å². The fourth-order valence-corrected chi connectivity index (χ4v) is 5.30. The van der Waals surface area contributed by atoms with E-state index in [1.807, 2.05) is 72.8 Å². The Morgan fingerprint density at radius 2 is 1.53 bits per heavy atom. The molecule has 0 radical (unpaired) electrons. The number of aromatic nitrogens is 2. The van der Waals surface area contributed by atoms with Gasteiger partial charge in [-0.1, -0.05) is 95.7 Å². The minimum atomic E-state index is -0.0703. The SMILES string of the molecule is O=C(CC(c1ccccc1)c1ccccc1)N(Cc1ccccn1)c1nc2c(Cl)cccc2s1. The van der Waals surface area contributed by atoms with Gasteiger partial charge in [0.2, 0.25) is 5.91 Å². The van der Waals surface area contributed by atoms with E-state index in [2.05, 4.69) is 29.2 Å². The zero-order valence-electron chi connectivity index (χ0n) is 18.3. The van der Waals surface area contributed by atoms with Gasteiger partial charge in [-0.25, -0.2) is 4.98 Å². The van der Waals surface area contributed by atoms with Crippen LogP contribution in [0.2, 0.25) is 5.02 Å². The molecule has 0 saturated carbocycles. The quantitative estimate of drug-likeness (QED) is 0.248. The summed E-state index contributed by atoms with van der Waals surface area (Å²) in [6.45, 7) is 0.341. The van der Waals surface area contributed by atoms with Gasteiger partial charge in [0.05, 0.1) is 22.0 Å². The average molecular weight is 484 g/mol.